The molecule has 0 saturated carbocycles. The molecule has 6 nitrogen and oxygen atoms in total. The van der Waals surface area contributed by atoms with Crippen molar-refractivity contribution in [2.45, 2.75) is 32.1 Å². The molecule has 0 rings (SSSR count). The number of aliphatic carboxylic acids is 2. The maximum Gasteiger partial charge on any atom is 0.0477 e. The van der Waals surface area contributed by atoms with E-state index in [9.17, 15) is 19.8 Å². The Bertz CT molecular complexity index is 304. The smallest absolute Gasteiger partial charge is 0.0477 e. The van der Waals surface area contributed by atoms with E-state index in [-0.39, 0.29) is 6.42 Å². The van der Waals surface area contributed by atoms with E-state index in [1.165, 1.54) is 0 Å². The summed E-state index contributed by atoms with van der Waals surface area (Å²) in [5.41, 5.74) is -0.968. The van der Waals surface area contributed by atoms with Gasteiger partial charge in [0.1, 0.15) is 0 Å². The van der Waals surface area contributed by atoms with E-state index < -0.39 is 17.4 Å². The minimum Gasteiger partial charge on any atom is -0.550 e. The Morgan fingerprint density at radius 2 is 1.35 bits per heavy atom. The van der Waals surface area contributed by atoms with Gasteiger partial charge in [-0.05, 0) is 73.4 Å². The Labute approximate surface area is 121 Å². The lowest BCUT2D eigenvalue weighted by Crippen LogP contribution is -2.45. The number of rotatable bonds is 11. The van der Waals surface area contributed by atoms with Gasteiger partial charge in [-0.2, -0.15) is 0 Å². The van der Waals surface area contributed by atoms with Gasteiger partial charge in [0, 0.05) is 17.4 Å². The fourth-order valence-electron chi connectivity index (χ4n) is 2.13. The lowest BCUT2D eigenvalue weighted by Gasteiger charge is -2.37. The van der Waals surface area contributed by atoms with Crippen molar-refractivity contribution in [3.8, 4) is 0 Å². The molecular formula is C14H26N2O4-2. The summed E-state index contributed by atoms with van der Waals surface area (Å²) in [5.74, 6) is -2.22. The number of carboxylic acids is 2. The molecule has 0 fully saturated rings. The largest absolute Gasteiger partial charge is 0.550 e. The fourth-order valence-corrected chi connectivity index (χ4v) is 2.13. The van der Waals surface area contributed by atoms with E-state index in [1.807, 2.05) is 38.0 Å². The summed E-state index contributed by atoms with van der Waals surface area (Å²) in [4.78, 5) is 26.0. The highest BCUT2D eigenvalue weighted by atomic mass is 16.4. The molecule has 0 heterocycles. The molecule has 0 N–H and O–H groups in total. The summed E-state index contributed by atoms with van der Waals surface area (Å²) in [6, 6.07) is 0. The lowest BCUT2D eigenvalue weighted by atomic mass is 9.76. The molecule has 20 heavy (non-hydrogen) atoms. The standard InChI is InChI=1S/C14H28N2O4/c1-15(2)10-8-14(13(19)20,9-11-16(3)4)7-5-6-12(17)18/h5-11H2,1-4H3,(H,17,18)(H,19,20)/p-2. The lowest BCUT2D eigenvalue weighted by molar-refractivity contribution is -0.321. The highest BCUT2D eigenvalue weighted by molar-refractivity contribution is 5.72. The molecule has 0 bridgehead atoms. The molecule has 0 aliphatic heterocycles. The molecule has 0 aliphatic rings. The van der Waals surface area contributed by atoms with Gasteiger partial charge in [0.15, 0.2) is 0 Å². The molecule has 0 aromatic carbocycles. The predicted molar refractivity (Wildman–Crippen MR) is 72.6 cm³/mol. The monoisotopic (exact) mass is 286 g/mol. The maximum atomic E-state index is 11.6. The number of hydrogen-bond donors (Lipinski definition) is 0. The van der Waals surface area contributed by atoms with Crippen LogP contribution in [0.2, 0.25) is 0 Å². The van der Waals surface area contributed by atoms with Crippen LogP contribution in [0.4, 0.5) is 0 Å². The Hall–Kier alpha value is -1.14. The Kier molecular flexibility index (Phi) is 8.41. The van der Waals surface area contributed by atoms with Gasteiger partial charge in [0.2, 0.25) is 0 Å². The second-order valence-corrected chi connectivity index (χ2v) is 5.90. The van der Waals surface area contributed by atoms with Gasteiger partial charge in [0.25, 0.3) is 0 Å². The summed E-state index contributed by atoms with van der Waals surface area (Å²) in [7, 11) is 7.53. The van der Waals surface area contributed by atoms with Crippen LogP contribution in [-0.2, 0) is 9.59 Å². The highest BCUT2D eigenvalue weighted by Crippen LogP contribution is 2.33. The summed E-state index contributed by atoms with van der Waals surface area (Å²) in [6.07, 6.45) is 1.42. The normalized spacial score (nSPS) is 12.1. The predicted octanol–water partition coefficient (Wildman–Crippen LogP) is -1.45. The topological polar surface area (TPSA) is 86.7 Å². The third kappa shape index (κ3) is 7.45. The zero-order valence-corrected chi connectivity index (χ0v) is 13.0. The number of carbonyl (C=O) groups excluding carboxylic acids is 2. The second kappa shape index (κ2) is 8.92. The average Bonchev–Trinajstić information content (AvgIpc) is 2.31. The average molecular weight is 286 g/mol. The first-order valence-corrected chi connectivity index (χ1v) is 6.90. The van der Waals surface area contributed by atoms with Crippen molar-refractivity contribution < 1.29 is 19.8 Å². The van der Waals surface area contributed by atoms with E-state index in [0.29, 0.717) is 38.8 Å². The number of hydrogen-bond acceptors (Lipinski definition) is 6. The fraction of sp³-hybridized carbons (Fsp3) is 0.857. The first-order chi connectivity index (χ1) is 9.19. The van der Waals surface area contributed by atoms with Crippen molar-refractivity contribution >= 4 is 11.9 Å². The Balaban J connectivity index is 4.81. The van der Waals surface area contributed by atoms with Crippen molar-refractivity contribution in [2.24, 2.45) is 5.41 Å². The molecule has 0 saturated heterocycles. The van der Waals surface area contributed by atoms with Crippen molar-refractivity contribution in [2.75, 3.05) is 41.3 Å². The van der Waals surface area contributed by atoms with E-state index in [2.05, 4.69) is 0 Å². The van der Waals surface area contributed by atoms with Gasteiger partial charge in [-0.1, -0.05) is 0 Å². The van der Waals surface area contributed by atoms with Crippen molar-refractivity contribution in [1.29, 1.82) is 0 Å². The highest BCUT2D eigenvalue weighted by Gasteiger charge is 2.31. The minimum absolute atomic E-state index is 0.112. The molecule has 6 heteroatoms. The van der Waals surface area contributed by atoms with E-state index in [0.717, 1.165) is 0 Å². The zero-order valence-electron chi connectivity index (χ0n) is 13.0. The molecular weight excluding hydrogens is 260 g/mol. The molecule has 0 spiro atoms. The van der Waals surface area contributed by atoms with Gasteiger partial charge >= 0.3 is 0 Å². The SMILES string of the molecule is CN(C)CCC(CCCC(=O)[O-])(CCN(C)C)C(=O)[O-]. The molecule has 0 atom stereocenters. The summed E-state index contributed by atoms with van der Waals surface area (Å²) in [5, 5.41) is 22.1. The second-order valence-electron chi connectivity index (χ2n) is 5.90. The first-order valence-electron chi connectivity index (χ1n) is 6.90. The number of carbonyl (C=O) groups is 2. The molecule has 0 amide bonds. The maximum absolute atomic E-state index is 11.6. The van der Waals surface area contributed by atoms with Crippen molar-refractivity contribution in [3.05, 3.63) is 0 Å². The third-order valence-electron chi connectivity index (χ3n) is 3.54. The zero-order chi connectivity index (χ0) is 15.8. The van der Waals surface area contributed by atoms with Crippen LogP contribution in [0.5, 0.6) is 0 Å². The Morgan fingerprint density at radius 1 is 0.900 bits per heavy atom. The minimum atomic E-state index is -1.14. The van der Waals surface area contributed by atoms with Crippen LogP contribution in [0.3, 0.4) is 0 Å². The number of carboxylic acid groups (broad SMARTS) is 2. The first kappa shape index (κ1) is 18.9. The quantitative estimate of drug-likeness (QED) is 0.462. The summed E-state index contributed by atoms with van der Waals surface area (Å²) >= 11 is 0. The molecule has 0 aliphatic carbocycles. The molecule has 0 radical (unpaired) electrons. The van der Waals surface area contributed by atoms with Crippen LogP contribution >= 0.6 is 0 Å². The van der Waals surface area contributed by atoms with Gasteiger partial charge in [-0.15, -0.1) is 0 Å². The van der Waals surface area contributed by atoms with Gasteiger partial charge in [0.05, 0.1) is 0 Å². The van der Waals surface area contributed by atoms with Crippen LogP contribution in [0.1, 0.15) is 32.1 Å². The molecule has 0 aromatic heterocycles. The van der Waals surface area contributed by atoms with Gasteiger partial charge in [-0.3, -0.25) is 0 Å². The number of nitrogens with zero attached hydrogens (tertiary/aromatic N) is 2. The van der Waals surface area contributed by atoms with E-state index in [4.69, 9.17) is 0 Å². The molecule has 0 aromatic rings. The summed E-state index contributed by atoms with van der Waals surface area (Å²) < 4.78 is 0. The van der Waals surface area contributed by atoms with E-state index in [1.54, 1.807) is 0 Å². The van der Waals surface area contributed by atoms with E-state index >= 15 is 0 Å². The van der Waals surface area contributed by atoms with Crippen LogP contribution in [0, 0.1) is 5.41 Å². The van der Waals surface area contributed by atoms with Crippen molar-refractivity contribution in [3.63, 3.8) is 0 Å². The molecule has 0 unspecified atom stereocenters. The van der Waals surface area contributed by atoms with Crippen LogP contribution in [-0.4, -0.2) is 63.0 Å². The van der Waals surface area contributed by atoms with Crippen molar-refractivity contribution in [1.82, 2.24) is 9.80 Å². The van der Waals surface area contributed by atoms with Crippen LogP contribution in [0.25, 0.3) is 0 Å². The van der Waals surface area contributed by atoms with Gasteiger partial charge in [-0.25, -0.2) is 0 Å². The van der Waals surface area contributed by atoms with Crippen LogP contribution < -0.4 is 10.2 Å². The van der Waals surface area contributed by atoms with Gasteiger partial charge < -0.3 is 29.6 Å². The molecule has 118 valence electrons. The summed E-state index contributed by atoms with van der Waals surface area (Å²) in [6.45, 7) is 1.26. The third-order valence-corrected chi connectivity index (χ3v) is 3.54. The van der Waals surface area contributed by atoms with Crippen LogP contribution in [0.15, 0.2) is 0 Å². The Morgan fingerprint density at radius 3 is 1.65 bits per heavy atom.